The number of carbonyl (C=O) groups is 4. The highest BCUT2D eigenvalue weighted by molar-refractivity contribution is 5.96. The van der Waals surface area contributed by atoms with Crippen molar-refractivity contribution >= 4 is 29.4 Å². The fraction of sp³-hybridized carbons (Fsp3) is 0.571. The maximum atomic E-state index is 12.4. The molecule has 238 valence electrons. The summed E-state index contributed by atoms with van der Waals surface area (Å²) in [5.41, 5.74) is 10.8. The molecule has 1 aromatic rings. The first-order valence-electron chi connectivity index (χ1n) is 13.7. The number of rotatable bonds is 13. The average Bonchev–Trinajstić information content (AvgIpc) is 2.98. The van der Waals surface area contributed by atoms with Crippen LogP contribution in [0.15, 0.2) is 37.0 Å². The van der Waals surface area contributed by atoms with E-state index in [0.29, 0.717) is 18.8 Å². The average molecular weight is 585 g/mol. The van der Waals surface area contributed by atoms with Gasteiger partial charge in [0.05, 0.1) is 13.2 Å². The van der Waals surface area contributed by atoms with Gasteiger partial charge in [0, 0.05) is 25.5 Å². The predicted octanol–water partition coefficient (Wildman–Crippen LogP) is 2.04. The van der Waals surface area contributed by atoms with Crippen LogP contribution >= 0.6 is 0 Å². The molecule has 10 N–H and O–H groups in total. The van der Waals surface area contributed by atoms with E-state index in [2.05, 4.69) is 33.6 Å². The first kappa shape index (κ1) is 44.3. The molecular formula is C28H56N8O5. The number of primary amides is 1. The number of hydrogen-bond acceptors (Lipinski definition) is 8. The lowest BCUT2D eigenvalue weighted by Gasteiger charge is -2.22. The zero-order chi connectivity index (χ0) is 32.8. The number of methoxy groups -OCH3 is 1. The summed E-state index contributed by atoms with van der Waals surface area (Å²) < 4.78 is 5.03. The molecule has 5 amide bonds. The molecule has 0 heterocycles. The van der Waals surface area contributed by atoms with Gasteiger partial charge in [0.1, 0.15) is 12.6 Å². The zero-order valence-electron chi connectivity index (χ0n) is 26.5. The highest BCUT2D eigenvalue weighted by atomic mass is 16.5. The Hall–Kier alpha value is -3.68. The summed E-state index contributed by atoms with van der Waals surface area (Å²) in [7, 11) is 3.11. The molecule has 0 aliphatic heterocycles. The Kier molecular flexibility index (Phi) is 33.4. The second kappa shape index (κ2) is 30.9. The molecule has 1 atom stereocenters. The molecule has 0 aliphatic carbocycles. The van der Waals surface area contributed by atoms with E-state index < -0.39 is 23.9 Å². The Morgan fingerprint density at radius 2 is 1.54 bits per heavy atom. The van der Waals surface area contributed by atoms with Crippen molar-refractivity contribution in [2.45, 2.75) is 67.5 Å². The number of urea groups is 1. The maximum Gasteiger partial charge on any atom is 0.312 e. The van der Waals surface area contributed by atoms with Crippen LogP contribution in [0.2, 0.25) is 0 Å². The van der Waals surface area contributed by atoms with E-state index in [1.807, 2.05) is 46.8 Å². The van der Waals surface area contributed by atoms with Crippen LogP contribution in [-0.2, 0) is 25.7 Å². The lowest BCUT2D eigenvalue weighted by Crippen LogP contribution is -2.53. The number of hydrazine groups is 1. The zero-order valence-corrected chi connectivity index (χ0v) is 26.5. The van der Waals surface area contributed by atoms with Crippen LogP contribution in [0.4, 0.5) is 10.5 Å². The molecule has 0 saturated carbocycles. The fourth-order valence-electron chi connectivity index (χ4n) is 2.57. The Labute approximate surface area is 247 Å². The number of nitrogens with one attached hydrogen (secondary N) is 4. The quantitative estimate of drug-likeness (QED) is 0.134. The van der Waals surface area contributed by atoms with Gasteiger partial charge in [-0.2, -0.15) is 0 Å². The van der Waals surface area contributed by atoms with Crippen molar-refractivity contribution in [3.8, 4) is 0 Å². The van der Waals surface area contributed by atoms with Crippen molar-refractivity contribution in [3.63, 3.8) is 0 Å². The summed E-state index contributed by atoms with van der Waals surface area (Å²) in [5, 5.41) is 11.4. The fourth-order valence-corrected chi connectivity index (χ4v) is 2.57. The molecule has 0 fully saturated rings. The van der Waals surface area contributed by atoms with Gasteiger partial charge in [0.25, 0.3) is 0 Å². The van der Waals surface area contributed by atoms with Gasteiger partial charge < -0.3 is 42.5 Å². The number of carbonyl (C=O) groups excluding carboxylic acids is 4. The number of hydrogen-bond donors (Lipinski definition) is 7. The summed E-state index contributed by atoms with van der Waals surface area (Å²) in [4.78, 5) is 46.2. The Bertz CT molecular complexity index is 820. The van der Waals surface area contributed by atoms with Gasteiger partial charge in [-0.15, -0.1) is 0 Å². The molecular weight excluding hydrogens is 528 g/mol. The van der Waals surface area contributed by atoms with E-state index in [-0.39, 0.29) is 24.9 Å². The van der Waals surface area contributed by atoms with Gasteiger partial charge >= 0.3 is 6.03 Å². The first-order chi connectivity index (χ1) is 19.5. The molecule has 0 radical (unpaired) electrons. The van der Waals surface area contributed by atoms with Crippen LogP contribution in [0.3, 0.4) is 0 Å². The topological polar surface area (TPSA) is 207 Å². The van der Waals surface area contributed by atoms with Crippen LogP contribution < -0.4 is 38.6 Å². The number of benzene rings is 1. The minimum atomic E-state index is -0.785. The Morgan fingerprint density at radius 3 is 1.93 bits per heavy atom. The van der Waals surface area contributed by atoms with Crippen LogP contribution in [0, 0.1) is 5.92 Å². The number of anilines is 1. The SMILES string of the molecule is C=CN(N)CC(=O)NC(C(=O)NCC(=O)Nc1ccc(COC)cc1)C(C)C.CC.CC.CCCNC(N)=O.CN. The number of nitrogens with zero attached hydrogens (tertiary/aromatic N) is 1. The molecule has 0 saturated heterocycles. The predicted molar refractivity (Wildman–Crippen MR) is 167 cm³/mol. The van der Waals surface area contributed by atoms with E-state index in [0.717, 1.165) is 17.0 Å². The first-order valence-corrected chi connectivity index (χ1v) is 13.7. The van der Waals surface area contributed by atoms with E-state index in [9.17, 15) is 19.2 Å². The lowest BCUT2D eigenvalue weighted by molar-refractivity contribution is -0.131. The summed E-state index contributed by atoms with van der Waals surface area (Å²) in [6.07, 6.45) is 2.24. The normalized spacial score (nSPS) is 9.66. The summed E-state index contributed by atoms with van der Waals surface area (Å²) in [5.74, 6) is 4.08. The number of nitrogens with two attached hydrogens (primary N) is 3. The molecule has 1 unspecified atom stereocenters. The van der Waals surface area contributed by atoms with E-state index in [4.69, 9.17) is 16.3 Å². The van der Waals surface area contributed by atoms with Crippen molar-refractivity contribution in [1.29, 1.82) is 0 Å². The second-order valence-electron chi connectivity index (χ2n) is 7.83. The molecule has 0 spiro atoms. The molecule has 13 nitrogen and oxygen atoms in total. The van der Waals surface area contributed by atoms with Gasteiger partial charge in [0.2, 0.25) is 17.7 Å². The Morgan fingerprint density at radius 1 is 1.00 bits per heavy atom. The van der Waals surface area contributed by atoms with Crippen LogP contribution in [-0.4, -0.2) is 68.6 Å². The van der Waals surface area contributed by atoms with Crippen LogP contribution in [0.5, 0.6) is 0 Å². The third kappa shape index (κ3) is 26.3. The van der Waals surface area contributed by atoms with E-state index in [1.54, 1.807) is 33.1 Å². The third-order valence-corrected chi connectivity index (χ3v) is 4.35. The van der Waals surface area contributed by atoms with E-state index >= 15 is 0 Å². The molecule has 13 heteroatoms. The van der Waals surface area contributed by atoms with Crippen molar-refractivity contribution < 1.29 is 23.9 Å². The van der Waals surface area contributed by atoms with Crippen molar-refractivity contribution in [3.05, 3.63) is 42.6 Å². The Balaban J connectivity index is -0.000000445. The largest absolute Gasteiger partial charge is 0.380 e. The van der Waals surface area contributed by atoms with Gasteiger partial charge in [-0.3, -0.25) is 14.4 Å². The molecule has 0 aromatic heterocycles. The molecule has 41 heavy (non-hydrogen) atoms. The summed E-state index contributed by atoms with van der Waals surface area (Å²) in [6.45, 7) is 17.8. The van der Waals surface area contributed by atoms with E-state index in [1.165, 1.54) is 13.2 Å². The molecule has 1 aromatic carbocycles. The maximum absolute atomic E-state index is 12.4. The second-order valence-corrected chi connectivity index (χ2v) is 7.83. The third-order valence-electron chi connectivity index (χ3n) is 4.35. The van der Waals surface area contributed by atoms with Gasteiger partial charge in [-0.1, -0.05) is 67.2 Å². The van der Waals surface area contributed by atoms with Crippen molar-refractivity contribution in [1.82, 2.24) is 21.0 Å². The molecule has 1 rings (SSSR count). The number of amides is 5. The van der Waals surface area contributed by atoms with Crippen molar-refractivity contribution in [2.24, 2.45) is 23.2 Å². The smallest absolute Gasteiger partial charge is 0.312 e. The van der Waals surface area contributed by atoms with Crippen LogP contribution in [0.1, 0.15) is 60.5 Å². The summed E-state index contributed by atoms with van der Waals surface area (Å²) in [6, 6.07) is 5.96. The number of ether oxygens (including phenoxy) is 1. The highest BCUT2D eigenvalue weighted by Crippen LogP contribution is 2.10. The van der Waals surface area contributed by atoms with Crippen molar-refractivity contribution in [2.75, 3.05) is 39.1 Å². The van der Waals surface area contributed by atoms with Gasteiger partial charge in [0.15, 0.2) is 0 Å². The van der Waals surface area contributed by atoms with Gasteiger partial charge in [-0.25, -0.2) is 10.6 Å². The summed E-state index contributed by atoms with van der Waals surface area (Å²) >= 11 is 0. The minimum Gasteiger partial charge on any atom is -0.380 e. The van der Waals surface area contributed by atoms with Gasteiger partial charge in [-0.05, 0) is 37.1 Å². The molecule has 0 bridgehead atoms. The molecule has 0 aliphatic rings. The minimum absolute atomic E-state index is 0.125. The monoisotopic (exact) mass is 584 g/mol. The lowest BCUT2D eigenvalue weighted by atomic mass is 10.0. The van der Waals surface area contributed by atoms with Crippen LogP contribution in [0.25, 0.3) is 0 Å². The standard InChI is InChI=1S/C19H29N5O4.C4H10N2O.2C2H6.CH5N/c1-5-24(20)11-17(26)23-18(13(2)3)19(27)21-10-16(25)22-15-8-6-14(7-9-15)12-28-4;1-2-3-6-4(5)7;3*1-2/h5-9,13,18H,1,10-12,20H2,2-4H3,(H,21,27)(H,22,25)(H,23,26);2-3H2,1H3,(H3,5,6,7);2*1-2H3;2H2,1H3. The highest BCUT2D eigenvalue weighted by Gasteiger charge is 2.24.